The van der Waals surface area contributed by atoms with Gasteiger partial charge in [0.25, 0.3) is 0 Å². The molecule has 0 saturated heterocycles. The number of carbonyl (C=O) groups is 1. The SMILES string of the molecule is COc1c(C)c(C)c(Br)c(CCC(C)=O)c1C. The molecule has 0 aliphatic carbocycles. The van der Waals surface area contributed by atoms with Crippen molar-refractivity contribution < 1.29 is 9.53 Å². The number of hydrogen-bond donors (Lipinski definition) is 0. The van der Waals surface area contributed by atoms with Crippen molar-refractivity contribution in [3.63, 3.8) is 0 Å². The Labute approximate surface area is 111 Å². The van der Waals surface area contributed by atoms with Gasteiger partial charge >= 0.3 is 0 Å². The van der Waals surface area contributed by atoms with Crippen LogP contribution in [0, 0.1) is 20.8 Å². The molecular formula is C14H19BrO2. The minimum Gasteiger partial charge on any atom is -0.496 e. The fourth-order valence-electron chi connectivity index (χ4n) is 2.05. The molecule has 1 rings (SSSR count). The lowest BCUT2D eigenvalue weighted by Crippen LogP contribution is -2.03. The van der Waals surface area contributed by atoms with Gasteiger partial charge in [0.15, 0.2) is 0 Å². The number of rotatable bonds is 4. The van der Waals surface area contributed by atoms with Crippen molar-refractivity contribution in [1.82, 2.24) is 0 Å². The molecule has 0 atom stereocenters. The number of benzene rings is 1. The molecule has 0 spiro atoms. The van der Waals surface area contributed by atoms with E-state index in [1.54, 1.807) is 14.0 Å². The molecule has 2 nitrogen and oxygen atoms in total. The summed E-state index contributed by atoms with van der Waals surface area (Å²) in [6.45, 7) is 7.80. The first-order valence-electron chi connectivity index (χ1n) is 5.71. The largest absolute Gasteiger partial charge is 0.496 e. The third-order valence-corrected chi connectivity index (χ3v) is 4.30. The number of Topliss-reactive ketones (excluding diaryl/α,β-unsaturated/α-hetero) is 1. The highest BCUT2D eigenvalue weighted by molar-refractivity contribution is 9.10. The highest BCUT2D eigenvalue weighted by Gasteiger charge is 2.16. The predicted molar refractivity (Wildman–Crippen MR) is 73.9 cm³/mol. The maximum absolute atomic E-state index is 11.1. The van der Waals surface area contributed by atoms with E-state index in [4.69, 9.17) is 4.74 Å². The number of ether oxygens (including phenoxy) is 1. The number of methoxy groups -OCH3 is 1. The Morgan fingerprint density at radius 1 is 1.18 bits per heavy atom. The van der Waals surface area contributed by atoms with E-state index in [9.17, 15) is 4.79 Å². The van der Waals surface area contributed by atoms with Crippen LogP contribution < -0.4 is 4.74 Å². The zero-order valence-electron chi connectivity index (χ0n) is 11.1. The Balaban J connectivity index is 3.29. The molecule has 0 aliphatic rings. The topological polar surface area (TPSA) is 26.3 Å². The van der Waals surface area contributed by atoms with Gasteiger partial charge < -0.3 is 9.53 Å². The zero-order valence-corrected chi connectivity index (χ0v) is 12.7. The van der Waals surface area contributed by atoms with Crippen LogP contribution in [-0.4, -0.2) is 12.9 Å². The van der Waals surface area contributed by atoms with Crippen molar-refractivity contribution in [3.8, 4) is 5.75 Å². The number of carbonyl (C=O) groups excluding carboxylic acids is 1. The summed E-state index contributed by atoms with van der Waals surface area (Å²) in [5.41, 5.74) is 4.65. The molecular weight excluding hydrogens is 280 g/mol. The summed E-state index contributed by atoms with van der Waals surface area (Å²) in [7, 11) is 1.69. The van der Waals surface area contributed by atoms with Crippen molar-refractivity contribution in [1.29, 1.82) is 0 Å². The molecule has 0 radical (unpaired) electrons. The second-order valence-electron chi connectivity index (χ2n) is 4.40. The third kappa shape index (κ3) is 2.89. The van der Waals surface area contributed by atoms with Crippen LogP contribution in [0.1, 0.15) is 35.6 Å². The summed E-state index contributed by atoms with van der Waals surface area (Å²) in [5, 5.41) is 0. The van der Waals surface area contributed by atoms with E-state index in [0.29, 0.717) is 6.42 Å². The minimum atomic E-state index is 0.216. The summed E-state index contributed by atoms with van der Waals surface area (Å²) < 4.78 is 6.56. The maximum Gasteiger partial charge on any atom is 0.130 e. The van der Waals surface area contributed by atoms with Crippen LogP contribution in [0.3, 0.4) is 0 Å². The Kier molecular flexibility index (Phi) is 4.75. The van der Waals surface area contributed by atoms with E-state index in [1.165, 1.54) is 11.1 Å². The normalized spacial score (nSPS) is 10.5. The highest BCUT2D eigenvalue weighted by Crippen LogP contribution is 2.36. The Bertz CT molecular complexity index is 450. The van der Waals surface area contributed by atoms with Crippen LogP contribution in [0.4, 0.5) is 0 Å². The molecule has 0 unspecified atom stereocenters. The molecule has 94 valence electrons. The van der Waals surface area contributed by atoms with Crippen LogP contribution in [-0.2, 0) is 11.2 Å². The van der Waals surface area contributed by atoms with Crippen LogP contribution >= 0.6 is 15.9 Å². The van der Waals surface area contributed by atoms with Crippen LogP contribution in [0.15, 0.2) is 4.47 Å². The first kappa shape index (κ1) is 14.2. The highest BCUT2D eigenvalue weighted by atomic mass is 79.9. The quantitative estimate of drug-likeness (QED) is 0.842. The maximum atomic E-state index is 11.1. The van der Waals surface area contributed by atoms with Crippen molar-refractivity contribution in [2.45, 2.75) is 40.5 Å². The lowest BCUT2D eigenvalue weighted by molar-refractivity contribution is -0.116. The Morgan fingerprint density at radius 3 is 2.24 bits per heavy atom. The van der Waals surface area contributed by atoms with Gasteiger partial charge in [-0.15, -0.1) is 0 Å². The first-order valence-corrected chi connectivity index (χ1v) is 6.51. The average molecular weight is 299 g/mol. The monoisotopic (exact) mass is 298 g/mol. The van der Waals surface area contributed by atoms with Crippen molar-refractivity contribution in [3.05, 3.63) is 26.7 Å². The fraction of sp³-hybridized carbons (Fsp3) is 0.500. The van der Waals surface area contributed by atoms with Gasteiger partial charge in [-0.2, -0.15) is 0 Å². The molecule has 0 aromatic heterocycles. The summed E-state index contributed by atoms with van der Waals surface area (Å²) in [5.74, 6) is 1.15. The smallest absolute Gasteiger partial charge is 0.130 e. The van der Waals surface area contributed by atoms with Gasteiger partial charge in [0, 0.05) is 10.9 Å². The van der Waals surface area contributed by atoms with E-state index < -0.39 is 0 Å². The van der Waals surface area contributed by atoms with E-state index >= 15 is 0 Å². The van der Waals surface area contributed by atoms with Gasteiger partial charge in [-0.1, -0.05) is 15.9 Å². The second-order valence-corrected chi connectivity index (χ2v) is 5.20. The summed E-state index contributed by atoms with van der Waals surface area (Å²) in [6, 6.07) is 0. The molecule has 0 N–H and O–H groups in total. The predicted octanol–water partition coefficient (Wildman–Crippen LogP) is 3.90. The molecule has 0 bridgehead atoms. The van der Waals surface area contributed by atoms with Gasteiger partial charge in [0.1, 0.15) is 11.5 Å². The molecule has 0 saturated carbocycles. The van der Waals surface area contributed by atoms with Crippen molar-refractivity contribution >= 4 is 21.7 Å². The van der Waals surface area contributed by atoms with Gasteiger partial charge in [0.05, 0.1) is 7.11 Å². The molecule has 0 amide bonds. The summed E-state index contributed by atoms with van der Waals surface area (Å²) >= 11 is 3.63. The molecule has 0 heterocycles. The zero-order chi connectivity index (χ0) is 13.2. The summed E-state index contributed by atoms with van der Waals surface area (Å²) in [6.07, 6.45) is 1.34. The lowest BCUT2D eigenvalue weighted by Gasteiger charge is -2.18. The van der Waals surface area contributed by atoms with Gasteiger partial charge in [-0.05, 0) is 56.4 Å². The van der Waals surface area contributed by atoms with Crippen LogP contribution in [0.5, 0.6) is 5.75 Å². The van der Waals surface area contributed by atoms with Gasteiger partial charge in [-0.25, -0.2) is 0 Å². The minimum absolute atomic E-state index is 0.216. The number of hydrogen-bond acceptors (Lipinski definition) is 2. The van der Waals surface area contributed by atoms with Crippen molar-refractivity contribution in [2.75, 3.05) is 7.11 Å². The standard InChI is InChI=1S/C14H19BrO2/c1-8(16)6-7-12-11(4)14(17-5)10(3)9(2)13(12)15/h6-7H2,1-5H3. The van der Waals surface area contributed by atoms with Gasteiger partial charge in [-0.3, -0.25) is 0 Å². The number of ketones is 1. The molecule has 0 fully saturated rings. The van der Waals surface area contributed by atoms with Crippen LogP contribution in [0.2, 0.25) is 0 Å². The third-order valence-electron chi connectivity index (χ3n) is 3.22. The molecule has 1 aromatic rings. The number of halogens is 1. The molecule has 1 aromatic carbocycles. The summed E-state index contributed by atoms with van der Waals surface area (Å²) in [4.78, 5) is 11.1. The fourth-order valence-corrected chi connectivity index (χ4v) is 2.84. The van der Waals surface area contributed by atoms with E-state index in [0.717, 1.165) is 27.8 Å². The van der Waals surface area contributed by atoms with E-state index in [-0.39, 0.29) is 5.78 Å². The Morgan fingerprint density at radius 2 is 1.76 bits per heavy atom. The molecule has 3 heteroatoms. The molecule has 0 aliphatic heterocycles. The van der Waals surface area contributed by atoms with E-state index in [1.807, 2.05) is 6.92 Å². The van der Waals surface area contributed by atoms with E-state index in [2.05, 4.69) is 29.8 Å². The van der Waals surface area contributed by atoms with Gasteiger partial charge in [0.2, 0.25) is 0 Å². The first-order chi connectivity index (χ1) is 7.90. The lowest BCUT2D eigenvalue weighted by atomic mass is 9.95. The molecule has 17 heavy (non-hydrogen) atoms. The second kappa shape index (κ2) is 5.67. The van der Waals surface area contributed by atoms with Crippen molar-refractivity contribution in [2.24, 2.45) is 0 Å². The Hall–Kier alpha value is -0.830. The average Bonchev–Trinajstić information content (AvgIpc) is 2.26. The van der Waals surface area contributed by atoms with Crippen LogP contribution in [0.25, 0.3) is 0 Å².